The number of carbonyl (C=O) groups excluding carboxylic acids is 1. The number of rotatable bonds is 2. The van der Waals surface area contributed by atoms with Crippen LogP contribution in [0.15, 0.2) is 18.2 Å². The second-order valence-corrected chi connectivity index (χ2v) is 5.40. The molecule has 2 atom stereocenters. The van der Waals surface area contributed by atoms with E-state index in [1.807, 2.05) is 0 Å². The Balaban J connectivity index is 2.18. The van der Waals surface area contributed by atoms with Crippen LogP contribution in [0.25, 0.3) is 0 Å². The molecule has 19 heavy (non-hydrogen) atoms. The first-order chi connectivity index (χ1) is 9.04. The molecule has 1 aliphatic heterocycles. The van der Waals surface area contributed by atoms with Gasteiger partial charge in [0.05, 0.1) is 22.4 Å². The van der Waals surface area contributed by atoms with E-state index in [0.717, 1.165) is 13.0 Å². The molecule has 1 heterocycles. The maximum absolute atomic E-state index is 12.5. The number of methoxy groups -OCH3 is 1. The highest BCUT2D eigenvalue weighted by atomic mass is 35.5. The Hall–Kier alpha value is -1.26. The van der Waals surface area contributed by atoms with Crippen molar-refractivity contribution in [2.24, 2.45) is 5.92 Å². The molecule has 0 aromatic heterocycles. The zero-order chi connectivity index (χ0) is 14.0. The third-order valence-electron chi connectivity index (χ3n) is 3.76. The number of nitrogens with zero attached hydrogens (tertiary/aromatic N) is 1. The fraction of sp³-hybridized carbons (Fsp3) is 0.500. The van der Waals surface area contributed by atoms with Gasteiger partial charge in [-0.2, -0.15) is 0 Å². The van der Waals surface area contributed by atoms with Crippen molar-refractivity contribution in [1.82, 2.24) is 4.90 Å². The van der Waals surface area contributed by atoms with Gasteiger partial charge in [0.15, 0.2) is 0 Å². The molecule has 0 radical (unpaired) electrons. The van der Waals surface area contributed by atoms with E-state index in [-0.39, 0.29) is 12.0 Å². The van der Waals surface area contributed by atoms with Gasteiger partial charge in [-0.25, -0.2) is 0 Å². The monoisotopic (exact) mass is 282 g/mol. The first-order valence-electron chi connectivity index (χ1n) is 6.40. The summed E-state index contributed by atoms with van der Waals surface area (Å²) in [5, 5.41) is 0.416. The second-order valence-electron chi connectivity index (χ2n) is 4.99. The molecular weight excluding hydrogens is 264 g/mol. The average Bonchev–Trinajstić information content (AvgIpc) is 2.41. The highest BCUT2D eigenvalue weighted by Crippen LogP contribution is 2.26. The molecule has 4 nitrogen and oxygen atoms in total. The minimum absolute atomic E-state index is 0.0750. The highest BCUT2D eigenvalue weighted by molar-refractivity contribution is 6.33. The summed E-state index contributed by atoms with van der Waals surface area (Å²) >= 11 is 5.96. The summed E-state index contributed by atoms with van der Waals surface area (Å²) in [5.41, 5.74) is 6.69. The van der Waals surface area contributed by atoms with Crippen molar-refractivity contribution in [2.45, 2.75) is 19.4 Å². The third-order valence-corrected chi connectivity index (χ3v) is 4.09. The van der Waals surface area contributed by atoms with E-state index in [1.165, 1.54) is 0 Å². The maximum Gasteiger partial charge on any atom is 0.256 e. The van der Waals surface area contributed by atoms with Crippen molar-refractivity contribution in [2.75, 3.05) is 25.9 Å². The second kappa shape index (κ2) is 5.80. The van der Waals surface area contributed by atoms with Gasteiger partial charge in [0, 0.05) is 20.2 Å². The molecule has 5 heteroatoms. The minimum atomic E-state index is -0.0750. The van der Waals surface area contributed by atoms with Crippen LogP contribution in [0, 0.1) is 5.92 Å². The number of amides is 1. The van der Waals surface area contributed by atoms with Crippen LogP contribution in [0.4, 0.5) is 5.69 Å². The lowest BCUT2D eigenvalue weighted by Gasteiger charge is -2.36. The van der Waals surface area contributed by atoms with E-state index in [9.17, 15) is 4.79 Å². The summed E-state index contributed by atoms with van der Waals surface area (Å²) in [7, 11) is 1.68. The Bertz CT molecular complexity index is 479. The first kappa shape index (κ1) is 14.2. The van der Waals surface area contributed by atoms with Crippen LogP contribution >= 0.6 is 11.6 Å². The summed E-state index contributed by atoms with van der Waals surface area (Å²) in [6.45, 7) is 3.47. The van der Waals surface area contributed by atoms with Gasteiger partial charge in [0.25, 0.3) is 5.91 Å². The standard InChI is InChI=1S/C14H19ClN2O2/c1-9-6-7-17(8-12(9)19-2)14(18)10-4-3-5-11(15)13(10)16/h3-5,9,12H,6-8,16H2,1-2H3. The Morgan fingerprint density at radius 3 is 2.95 bits per heavy atom. The smallest absolute Gasteiger partial charge is 0.256 e. The third kappa shape index (κ3) is 2.85. The lowest BCUT2D eigenvalue weighted by Crippen LogP contribution is -2.46. The number of benzene rings is 1. The maximum atomic E-state index is 12.5. The van der Waals surface area contributed by atoms with Gasteiger partial charge in [-0.15, -0.1) is 0 Å². The molecule has 1 aromatic carbocycles. The zero-order valence-electron chi connectivity index (χ0n) is 11.2. The van der Waals surface area contributed by atoms with Crippen LogP contribution in [0.5, 0.6) is 0 Å². The number of carbonyl (C=O) groups is 1. The topological polar surface area (TPSA) is 55.6 Å². The van der Waals surface area contributed by atoms with Crippen molar-refractivity contribution in [3.8, 4) is 0 Å². The molecule has 1 saturated heterocycles. The molecule has 104 valence electrons. The van der Waals surface area contributed by atoms with Crippen molar-refractivity contribution >= 4 is 23.2 Å². The van der Waals surface area contributed by atoms with Crippen LogP contribution in [-0.2, 0) is 4.74 Å². The van der Waals surface area contributed by atoms with Crippen molar-refractivity contribution in [3.63, 3.8) is 0 Å². The summed E-state index contributed by atoms with van der Waals surface area (Å²) in [5.74, 6) is 0.389. The fourth-order valence-electron chi connectivity index (χ4n) is 2.42. The Morgan fingerprint density at radius 1 is 1.53 bits per heavy atom. The van der Waals surface area contributed by atoms with Gasteiger partial charge in [-0.3, -0.25) is 4.79 Å². The summed E-state index contributed by atoms with van der Waals surface area (Å²) in [6, 6.07) is 5.14. The zero-order valence-corrected chi connectivity index (χ0v) is 12.0. The molecule has 1 aliphatic rings. The van der Waals surface area contributed by atoms with E-state index >= 15 is 0 Å². The number of ether oxygens (including phenoxy) is 1. The van der Waals surface area contributed by atoms with E-state index < -0.39 is 0 Å². The van der Waals surface area contributed by atoms with Gasteiger partial charge in [-0.1, -0.05) is 24.6 Å². The molecule has 0 spiro atoms. The lowest BCUT2D eigenvalue weighted by molar-refractivity contribution is -0.00152. The fourth-order valence-corrected chi connectivity index (χ4v) is 2.59. The lowest BCUT2D eigenvalue weighted by atomic mass is 9.95. The van der Waals surface area contributed by atoms with Crippen LogP contribution in [0.1, 0.15) is 23.7 Å². The SMILES string of the molecule is COC1CN(C(=O)c2cccc(Cl)c2N)CCC1C. The molecule has 0 saturated carbocycles. The van der Waals surface area contributed by atoms with Crippen LogP contribution < -0.4 is 5.73 Å². The van der Waals surface area contributed by atoms with E-state index in [4.69, 9.17) is 22.1 Å². The van der Waals surface area contributed by atoms with Crippen molar-refractivity contribution in [1.29, 1.82) is 0 Å². The highest BCUT2D eigenvalue weighted by Gasteiger charge is 2.30. The normalized spacial score (nSPS) is 23.4. The Labute approximate surface area is 118 Å². The Kier molecular flexibility index (Phi) is 4.32. The molecule has 1 amide bonds. The number of nitrogens with two attached hydrogens (primary N) is 1. The first-order valence-corrected chi connectivity index (χ1v) is 6.78. The number of nitrogen functional groups attached to an aromatic ring is 1. The largest absolute Gasteiger partial charge is 0.397 e. The summed E-state index contributed by atoms with van der Waals surface area (Å²) in [4.78, 5) is 14.3. The van der Waals surface area contributed by atoms with Crippen LogP contribution in [0.3, 0.4) is 0 Å². The van der Waals surface area contributed by atoms with Crippen molar-refractivity contribution < 1.29 is 9.53 Å². The van der Waals surface area contributed by atoms with Gasteiger partial charge in [0.1, 0.15) is 0 Å². The van der Waals surface area contributed by atoms with Crippen LogP contribution in [0.2, 0.25) is 5.02 Å². The quantitative estimate of drug-likeness (QED) is 0.848. The number of hydrogen-bond donors (Lipinski definition) is 1. The number of anilines is 1. The van der Waals surface area contributed by atoms with E-state index in [1.54, 1.807) is 30.2 Å². The van der Waals surface area contributed by atoms with Crippen molar-refractivity contribution in [3.05, 3.63) is 28.8 Å². The summed E-state index contributed by atoms with van der Waals surface area (Å²) in [6.07, 6.45) is 1.02. The molecule has 0 bridgehead atoms. The molecular formula is C14H19ClN2O2. The predicted molar refractivity (Wildman–Crippen MR) is 76.3 cm³/mol. The average molecular weight is 283 g/mol. The molecule has 0 aliphatic carbocycles. The summed E-state index contributed by atoms with van der Waals surface area (Å²) < 4.78 is 5.42. The number of para-hydroxylation sites is 1. The predicted octanol–water partition coefficient (Wildman–Crippen LogP) is 2.42. The number of likely N-dealkylation sites (tertiary alicyclic amines) is 1. The molecule has 2 N–H and O–H groups in total. The van der Waals surface area contributed by atoms with Gasteiger partial charge in [0.2, 0.25) is 0 Å². The van der Waals surface area contributed by atoms with Gasteiger partial charge >= 0.3 is 0 Å². The Morgan fingerprint density at radius 2 is 2.26 bits per heavy atom. The van der Waals surface area contributed by atoms with E-state index in [2.05, 4.69) is 6.92 Å². The molecule has 1 fully saturated rings. The van der Waals surface area contributed by atoms with E-state index in [0.29, 0.717) is 28.7 Å². The van der Waals surface area contributed by atoms with Gasteiger partial charge < -0.3 is 15.4 Å². The molecule has 2 rings (SSSR count). The molecule has 1 aromatic rings. The molecule has 2 unspecified atom stereocenters. The number of hydrogen-bond acceptors (Lipinski definition) is 3. The number of piperidine rings is 1. The minimum Gasteiger partial charge on any atom is -0.397 e. The number of halogens is 1. The van der Waals surface area contributed by atoms with Gasteiger partial charge in [-0.05, 0) is 24.5 Å². The van der Waals surface area contributed by atoms with Crippen LogP contribution in [-0.4, -0.2) is 37.1 Å².